The molecule has 0 fully saturated rings. The van der Waals surface area contributed by atoms with Gasteiger partial charge in [0.25, 0.3) is 0 Å². The molecule has 0 saturated heterocycles. The summed E-state index contributed by atoms with van der Waals surface area (Å²) in [6.45, 7) is 1.94. The smallest absolute Gasteiger partial charge is 0.850 e. The van der Waals surface area contributed by atoms with Gasteiger partial charge in [-0.1, -0.05) is 12.1 Å². The minimum Gasteiger partial charge on any atom is -0.850 e. The number of rotatable bonds is 1. The number of hydrogen-bond acceptors (Lipinski definition) is 6. The van der Waals surface area contributed by atoms with Crippen molar-refractivity contribution in [2.24, 2.45) is 0 Å². The molecule has 0 aliphatic carbocycles. The van der Waals surface area contributed by atoms with Crippen LogP contribution in [-0.2, 0) is 24.1 Å². The van der Waals surface area contributed by atoms with E-state index in [1.807, 2.05) is 19.1 Å². The first-order valence-corrected chi connectivity index (χ1v) is 8.07. The fourth-order valence-corrected chi connectivity index (χ4v) is 0.837. The molecular formula is C9H11InNO4PS2. The van der Waals surface area contributed by atoms with Gasteiger partial charge < -0.3 is 37.8 Å². The van der Waals surface area contributed by atoms with Crippen molar-refractivity contribution < 1.29 is 19.3 Å². The Kier molecular flexibility index (Phi) is 11.6. The van der Waals surface area contributed by atoms with Crippen molar-refractivity contribution in [2.45, 2.75) is 6.92 Å². The van der Waals surface area contributed by atoms with Crippen LogP contribution in [0, 0.1) is 6.92 Å². The van der Waals surface area contributed by atoms with E-state index in [9.17, 15) is 14.6 Å². The molecule has 18 heavy (non-hydrogen) atoms. The maximum Gasteiger partial charge on any atom is 3.00 e. The van der Waals surface area contributed by atoms with E-state index in [1.165, 1.54) is 7.05 Å². The molecule has 0 heterocycles. The van der Waals surface area contributed by atoms with Gasteiger partial charge in [0.1, 0.15) is 5.75 Å². The topological polar surface area (TPSA) is 84.5 Å². The average Bonchev–Trinajstić information content (AvgIpc) is 2.15. The van der Waals surface area contributed by atoms with E-state index in [0.717, 1.165) is 5.56 Å². The second kappa shape index (κ2) is 10.1. The third-order valence-corrected chi connectivity index (χ3v) is 1.40. The number of nitrogens with one attached hydrogen (secondary N) is 1. The zero-order valence-corrected chi connectivity index (χ0v) is 15.6. The number of amides is 1. The molecule has 1 aromatic rings. The van der Waals surface area contributed by atoms with Crippen molar-refractivity contribution in [2.75, 3.05) is 7.05 Å². The normalized spacial score (nSPS) is 9.39. The van der Waals surface area contributed by atoms with Crippen molar-refractivity contribution in [1.82, 2.24) is 5.32 Å². The largest absolute Gasteiger partial charge is 3.00 e. The standard InChI is InChI=1S/C9H11NO2.In.H3O2PS2/c1-7-4-3-5-8(6-7)12-9(11)10-2;;1-3(2,4)5/h3-6H,1-2H3,(H,10,11);;(H3,1,2,4,5)/q;+3;/p-3. The molecule has 9 heteroatoms. The molecule has 0 aliphatic heterocycles. The Morgan fingerprint density at radius 3 is 2.39 bits per heavy atom. The minimum atomic E-state index is -3.72. The van der Waals surface area contributed by atoms with Gasteiger partial charge >= 0.3 is 31.9 Å². The molecule has 0 saturated carbocycles. The summed E-state index contributed by atoms with van der Waals surface area (Å²) < 4.78 is 4.89. The van der Waals surface area contributed by atoms with E-state index in [2.05, 4.69) is 29.4 Å². The minimum absolute atomic E-state index is 0. The van der Waals surface area contributed by atoms with Gasteiger partial charge in [-0.3, -0.25) is 0 Å². The molecule has 0 aromatic heterocycles. The molecular weight excluding hydrogens is 396 g/mol. The number of aryl methyl sites for hydroxylation is 1. The van der Waals surface area contributed by atoms with Crippen molar-refractivity contribution in [1.29, 1.82) is 0 Å². The summed E-state index contributed by atoms with van der Waals surface area (Å²) >= 11 is 7.28. The summed E-state index contributed by atoms with van der Waals surface area (Å²) in [5.74, 6) is 0.564. The Bertz CT molecular complexity index is 419. The van der Waals surface area contributed by atoms with E-state index in [4.69, 9.17) is 4.74 Å². The first-order chi connectivity index (χ1) is 7.72. The maximum absolute atomic E-state index is 10.8. The predicted octanol–water partition coefficient (Wildman–Crippen LogP) is -0.189. The number of benzene rings is 1. The van der Waals surface area contributed by atoms with Gasteiger partial charge in [-0.2, -0.15) is 11.8 Å². The van der Waals surface area contributed by atoms with Crippen LogP contribution in [0.25, 0.3) is 0 Å². The van der Waals surface area contributed by atoms with Crippen LogP contribution in [0.5, 0.6) is 5.75 Å². The van der Waals surface area contributed by atoms with Gasteiger partial charge in [0.05, 0.1) is 0 Å². The number of hydrogen-bond donors (Lipinski definition) is 1. The first kappa shape index (κ1) is 20.6. The van der Waals surface area contributed by atoms with E-state index in [0.29, 0.717) is 5.75 Å². The Morgan fingerprint density at radius 2 is 2.00 bits per heavy atom. The van der Waals surface area contributed by atoms with E-state index in [1.54, 1.807) is 12.1 Å². The molecule has 5 nitrogen and oxygen atoms in total. The fraction of sp³-hybridized carbons (Fsp3) is 0.222. The van der Waals surface area contributed by atoms with Crippen LogP contribution in [0.3, 0.4) is 0 Å². The predicted molar refractivity (Wildman–Crippen MR) is 73.7 cm³/mol. The van der Waals surface area contributed by atoms with Gasteiger partial charge in [0, 0.05) is 7.05 Å². The summed E-state index contributed by atoms with van der Waals surface area (Å²) in [7, 11) is 1.53. The molecule has 0 radical (unpaired) electrons. The average molecular weight is 407 g/mol. The molecule has 1 amide bonds. The third kappa shape index (κ3) is 14.3. The Balaban J connectivity index is 0. The van der Waals surface area contributed by atoms with Gasteiger partial charge in [0.2, 0.25) is 0 Å². The van der Waals surface area contributed by atoms with Gasteiger partial charge in [-0.15, -0.1) is 0 Å². The summed E-state index contributed by atoms with van der Waals surface area (Å²) in [5, 5.41) is 2.37. The summed E-state index contributed by atoms with van der Waals surface area (Å²) in [4.78, 5) is 29.3. The molecule has 0 aliphatic rings. The Morgan fingerprint density at radius 1 is 1.50 bits per heavy atom. The molecule has 0 bridgehead atoms. The van der Waals surface area contributed by atoms with Crippen molar-refractivity contribution in [3.8, 4) is 5.75 Å². The van der Waals surface area contributed by atoms with Crippen LogP contribution in [0.15, 0.2) is 24.3 Å². The second-order valence-electron chi connectivity index (χ2n) is 2.90. The quantitative estimate of drug-likeness (QED) is 0.514. The number of carbonyl (C=O) groups is 1. The van der Waals surface area contributed by atoms with E-state index >= 15 is 0 Å². The zero-order chi connectivity index (χ0) is 13.5. The van der Waals surface area contributed by atoms with Crippen LogP contribution >= 0.6 is 5.69 Å². The van der Waals surface area contributed by atoms with Crippen LogP contribution in [-0.4, -0.2) is 39.0 Å². The van der Waals surface area contributed by atoms with Crippen molar-refractivity contribution in [3.05, 3.63) is 29.8 Å². The van der Waals surface area contributed by atoms with Crippen LogP contribution in [0.2, 0.25) is 0 Å². The first-order valence-electron chi connectivity index (χ1n) is 4.41. The van der Waals surface area contributed by atoms with Crippen LogP contribution < -0.4 is 19.8 Å². The van der Waals surface area contributed by atoms with E-state index < -0.39 is 11.8 Å². The van der Waals surface area contributed by atoms with Crippen LogP contribution in [0.4, 0.5) is 4.79 Å². The third-order valence-electron chi connectivity index (χ3n) is 1.40. The van der Waals surface area contributed by atoms with Crippen molar-refractivity contribution in [3.63, 3.8) is 0 Å². The van der Waals surface area contributed by atoms with Gasteiger partial charge in [-0.05, 0) is 24.6 Å². The number of ether oxygens (including phenoxy) is 1. The fourth-order valence-electron chi connectivity index (χ4n) is 0.837. The molecule has 0 unspecified atom stereocenters. The summed E-state index contributed by atoms with van der Waals surface area (Å²) in [6, 6.07) is 7.32. The molecule has 0 atom stereocenters. The second-order valence-corrected chi connectivity index (χ2v) is 7.38. The molecule has 1 N–H and O–H groups in total. The Hall–Kier alpha value is 0.280. The Labute approximate surface area is 135 Å². The SMILES string of the molecule is CNC(=O)Oc1cccc(C)c1.[In+3].[O-]P([O-])(=S)[S-]. The summed E-state index contributed by atoms with van der Waals surface area (Å²) in [6.07, 6.45) is -0.444. The molecule has 1 rings (SSSR count). The molecule has 0 spiro atoms. The summed E-state index contributed by atoms with van der Waals surface area (Å²) in [5.41, 5.74) is -2.66. The van der Waals surface area contributed by atoms with E-state index in [-0.39, 0.29) is 25.8 Å². The maximum atomic E-state index is 10.8. The number of carbonyl (C=O) groups excluding carboxylic acids is 1. The van der Waals surface area contributed by atoms with Gasteiger partial charge in [0.15, 0.2) is 0 Å². The van der Waals surface area contributed by atoms with Crippen LogP contribution in [0.1, 0.15) is 5.56 Å². The van der Waals surface area contributed by atoms with Crippen molar-refractivity contribution >= 4 is 61.7 Å². The molecule has 96 valence electrons. The van der Waals surface area contributed by atoms with Gasteiger partial charge in [-0.25, -0.2) is 4.79 Å². The zero-order valence-electron chi connectivity index (χ0n) is 9.78. The molecule has 1 aromatic carbocycles. The monoisotopic (exact) mass is 407 g/mol.